The van der Waals surface area contributed by atoms with E-state index in [-0.39, 0.29) is 12.1 Å². The molecule has 8 heteroatoms. The Balaban J connectivity index is 1.32. The molecule has 0 amide bonds. The normalized spacial score (nSPS) is 18.3. The fourth-order valence-electron chi connectivity index (χ4n) is 4.04. The number of ether oxygens (including phenoxy) is 1. The molecule has 1 saturated carbocycles. The number of thiazole rings is 1. The number of aliphatic hydroxyl groups excluding tert-OH is 1. The molecule has 3 aromatic heterocycles. The van der Waals surface area contributed by atoms with E-state index in [1.807, 2.05) is 67.7 Å². The van der Waals surface area contributed by atoms with Gasteiger partial charge in [-0.2, -0.15) is 0 Å². The first-order chi connectivity index (χ1) is 16.0. The lowest BCUT2D eigenvalue weighted by Crippen LogP contribution is -2.36. The highest BCUT2D eigenvalue weighted by Gasteiger charge is 2.23. The van der Waals surface area contributed by atoms with Crippen LogP contribution in [0.1, 0.15) is 25.7 Å². The zero-order chi connectivity index (χ0) is 22.8. The minimum absolute atomic E-state index is 0.0755. The zero-order valence-corrected chi connectivity index (χ0v) is 19.5. The van der Waals surface area contributed by atoms with Crippen molar-refractivity contribution in [1.82, 2.24) is 15.0 Å². The van der Waals surface area contributed by atoms with Gasteiger partial charge in [-0.25, -0.2) is 9.97 Å². The average molecular weight is 462 g/mol. The SMILES string of the molecule is CN(C)c1ccc(-c2cc(Oc3ccc4nc(NC5CCCCC5O)sc4c3)ccn2)cn1. The summed E-state index contributed by atoms with van der Waals surface area (Å²) in [5.41, 5.74) is 2.66. The molecule has 5 rings (SSSR count). The lowest BCUT2D eigenvalue weighted by Gasteiger charge is -2.27. The molecular weight excluding hydrogens is 434 g/mol. The van der Waals surface area contributed by atoms with Crippen molar-refractivity contribution in [2.45, 2.75) is 37.8 Å². The van der Waals surface area contributed by atoms with Gasteiger partial charge in [-0.05, 0) is 43.2 Å². The van der Waals surface area contributed by atoms with E-state index in [0.29, 0.717) is 5.75 Å². The number of aliphatic hydroxyl groups is 1. The van der Waals surface area contributed by atoms with Crippen LogP contribution in [0.4, 0.5) is 10.9 Å². The van der Waals surface area contributed by atoms with Crippen LogP contribution < -0.4 is 15.0 Å². The summed E-state index contributed by atoms with van der Waals surface area (Å²) in [6.45, 7) is 0. The smallest absolute Gasteiger partial charge is 0.184 e. The van der Waals surface area contributed by atoms with Crippen LogP contribution in [0.5, 0.6) is 11.5 Å². The second kappa shape index (κ2) is 9.33. The first-order valence-electron chi connectivity index (χ1n) is 11.2. The van der Waals surface area contributed by atoms with Crippen LogP contribution in [-0.4, -0.2) is 46.3 Å². The molecule has 1 aliphatic rings. The minimum Gasteiger partial charge on any atom is -0.457 e. The van der Waals surface area contributed by atoms with Crippen LogP contribution in [0.15, 0.2) is 54.9 Å². The first kappa shape index (κ1) is 21.6. The van der Waals surface area contributed by atoms with Crippen molar-refractivity contribution >= 4 is 32.5 Å². The summed E-state index contributed by atoms with van der Waals surface area (Å²) in [7, 11) is 3.93. The molecule has 2 atom stereocenters. The lowest BCUT2D eigenvalue weighted by molar-refractivity contribution is 0.116. The van der Waals surface area contributed by atoms with E-state index in [0.717, 1.165) is 63.9 Å². The molecule has 4 aromatic rings. The van der Waals surface area contributed by atoms with Crippen molar-refractivity contribution in [2.75, 3.05) is 24.3 Å². The Bertz CT molecular complexity index is 1240. The van der Waals surface area contributed by atoms with Crippen molar-refractivity contribution in [1.29, 1.82) is 0 Å². The third-order valence-corrected chi connectivity index (χ3v) is 6.82. The molecule has 1 aromatic carbocycles. The standard InChI is InChI=1S/C25H27N5O2S/c1-30(2)24-10-7-16(15-27-24)21-13-18(11-12-26-21)32-17-8-9-20-23(14-17)33-25(29-20)28-19-5-3-4-6-22(19)31/h7-15,19,22,31H,3-6H2,1-2H3,(H,28,29). The molecule has 170 valence electrons. The van der Waals surface area contributed by atoms with Crippen molar-refractivity contribution < 1.29 is 9.84 Å². The second-order valence-electron chi connectivity index (χ2n) is 8.53. The molecule has 2 N–H and O–H groups in total. The van der Waals surface area contributed by atoms with E-state index in [9.17, 15) is 5.11 Å². The summed E-state index contributed by atoms with van der Waals surface area (Å²) in [5, 5.41) is 14.5. The van der Waals surface area contributed by atoms with E-state index < -0.39 is 0 Å². The maximum Gasteiger partial charge on any atom is 0.184 e. The largest absolute Gasteiger partial charge is 0.457 e. The predicted molar refractivity (Wildman–Crippen MR) is 133 cm³/mol. The van der Waals surface area contributed by atoms with E-state index in [4.69, 9.17) is 4.74 Å². The Kier molecular flexibility index (Phi) is 6.11. The third kappa shape index (κ3) is 4.91. The summed E-state index contributed by atoms with van der Waals surface area (Å²) in [5.74, 6) is 2.36. The molecule has 7 nitrogen and oxygen atoms in total. The van der Waals surface area contributed by atoms with E-state index >= 15 is 0 Å². The molecular formula is C25H27N5O2S. The van der Waals surface area contributed by atoms with Crippen molar-refractivity contribution in [3.8, 4) is 22.8 Å². The van der Waals surface area contributed by atoms with Gasteiger partial charge >= 0.3 is 0 Å². The van der Waals surface area contributed by atoms with Crippen LogP contribution in [-0.2, 0) is 0 Å². The summed E-state index contributed by atoms with van der Waals surface area (Å²) >= 11 is 1.58. The summed E-state index contributed by atoms with van der Waals surface area (Å²) in [6, 6.07) is 13.7. The van der Waals surface area contributed by atoms with Gasteiger partial charge in [0, 0.05) is 44.2 Å². The Morgan fingerprint density at radius 2 is 1.88 bits per heavy atom. The number of hydrogen-bond donors (Lipinski definition) is 2. The number of hydrogen-bond acceptors (Lipinski definition) is 8. The molecule has 0 saturated heterocycles. The molecule has 3 heterocycles. The minimum atomic E-state index is -0.306. The summed E-state index contributed by atoms with van der Waals surface area (Å²) < 4.78 is 7.18. The predicted octanol–water partition coefficient (Wildman–Crippen LogP) is 5.33. The lowest BCUT2D eigenvalue weighted by atomic mass is 9.93. The van der Waals surface area contributed by atoms with E-state index in [2.05, 4.69) is 20.3 Å². The van der Waals surface area contributed by atoms with Gasteiger partial charge in [-0.1, -0.05) is 24.2 Å². The third-order valence-electron chi connectivity index (χ3n) is 5.87. The van der Waals surface area contributed by atoms with Gasteiger partial charge in [0.15, 0.2) is 5.13 Å². The molecule has 0 aliphatic heterocycles. The number of anilines is 2. The molecule has 1 fully saturated rings. The molecule has 33 heavy (non-hydrogen) atoms. The molecule has 1 aliphatic carbocycles. The Hall–Kier alpha value is -3.23. The van der Waals surface area contributed by atoms with Crippen LogP contribution in [0.25, 0.3) is 21.5 Å². The van der Waals surface area contributed by atoms with Gasteiger partial charge in [-0.15, -0.1) is 0 Å². The molecule has 0 spiro atoms. The Morgan fingerprint density at radius 3 is 2.67 bits per heavy atom. The molecule has 0 radical (unpaired) electrons. The average Bonchev–Trinajstić information content (AvgIpc) is 3.22. The number of fused-ring (bicyclic) bond motifs is 1. The summed E-state index contributed by atoms with van der Waals surface area (Å²) in [4.78, 5) is 15.6. The van der Waals surface area contributed by atoms with Crippen molar-refractivity contribution in [3.63, 3.8) is 0 Å². The maximum atomic E-state index is 10.2. The highest BCUT2D eigenvalue weighted by atomic mass is 32.1. The Labute approximate surface area is 197 Å². The first-order valence-corrected chi connectivity index (χ1v) is 12.0. The quantitative estimate of drug-likeness (QED) is 0.402. The maximum absolute atomic E-state index is 10.2. The van der Waals surface area contributed by atoms with Crippen molar-refractivity contribution in [2.24, 2.45) is 0 Å². The fraction of sp³-hybridized carbons (Fsp3) is 0.320. The number of aromatic nitrogens is 3. The van der Waals surface area contributed by atoms with Gasteiger partial charge in [0.05, 0.1) is 28.1 Å². The van der Waals surface area contributed by atoms with E-state index in [1.165, 1.54) is 0 Å². The monoisotopic (exact) mass is 461 g/mol. The van der Waals surface area contributed by atoms with Crippen LogP contribution >= 0.6 is 11.3 Å². The van der Waals surface area contributed by atoms with Crippen LogP contribution in [0.3, 0.4) is 0 Å². The highest BCUT2D eigenvalue weighted by molar-refractivity contribution is 7.22. The van der Waals surface area contributed by atoms with Gasteiger partial charge in [-0.3, -0.25) is 4.98 Å². The number of rotatable bonds is 6. The number of nitrogens with one attached hydrogen (secondary N) is 1. The molecule has 2 unspecified atom stereocenters. The second-order valence-corrected chi connectivity index (χ2v) is 9.56. The van der Waals surface area contributed by atoms with E-state index in [1.54, 1.807) is 17.5 Å². The fourth-order valence-corrected chi connectivity index (χ4v) is 5.00. The van der Waals surface area contributed by atoms with Gasteiger partial charge in [0.1, 0.15) is 17.3 Å². The summed E-state index contributed by atoms with van der Waals surface area (Å²) in [6.07, 6.45) is 7.32. The topological polar surface area (TPSA) is 83.4 Å². The zero-order valence-electron chi connectivity index (χ0n) is 18.7. The number of benzene rings is 1. The number of nitrogens with zero attached hydrogens (tertiary/aromatic N) is 4. The number of pyridine rings is 2. The Morgan fingerprint density at radius 1 is 1.03 bits per heavy atom. The van der Waals surface area contributed by atoms with Crippen LogP contribution in [0, 0.1) is 0 Å². The van der Waals surface area contributed by atoms with Crippen molar-refractivity contribution in [3.05, 3.63) is 54.9 Å². The van der Waals surface area contributed by atoms with Gasteiger partial charge in [0.25, 0.3) is 0 Å². The van der Waals surface area contributed by atoms with Crippen LogP contribution in [0.2, 0.25) is 0 Å². The molecule has 0 bridgehead atoms. The van der Waals surface area contributed by atoms with Gasteiger partial charge < -0.3 is 20.1 Å². The highest BCUT2D eigenvalue weighted by Crippen LogP contribution is 2.33. The van der Waals surface area contributed by atoms with Gasteiger partial charge in [0.2, 0.25) is 0 Å².